The molecule has 0 atom stereocenters. The number of aromatic nitrogens is 3. The van der Waals surface area contributed by atoms with Crippen LogP contribution in [0.4, 0.5) is 23.2 Å². The van der Waals surface area contributed by atoms with Crippen molar-refractivity contribution in [1.82, 2.24) is 19.9 Å². The van der Waals surface area contributed by atoms with Crippen LogP contribution in [0, 0.1) is 11.2 Å². The second kappa shape index (κ2) is 13.1. The van der Waals surface area contributed by atoms with E-state index in [1.165, 1.54) is 0 Å². The van der Waals surface area contributed by atoms with Gasteiger partial charge in [0, 0.05) is 50.3 Å². The van der Waals surface area contributed by atoms with Gasteiger partial charge in [-0.25, -0.2) is 14.4 Å². The van der Waals surface area contributed by atoms with Crippen LogP contribution in [0.1, 0.15) is 37.7 Å². The summed E-state index contributed by atoms with van der Waals surface area (Å²) in [6.07, 6.45) is -0.200. The van der Waals surface area contributed by atoms with E-state index in [9.17, 15) is 22.4 Å². The van der Waals surface area contributed by atoms with Gasteiger partial charge >= 0.3 is 12.1 Å². The molecule has 2 aromatic heterocycles. The molecule has 1 saturated heterocycles. The fourth-order valence-corrected chi connectivity index (χ4v) is 6.64. The van der Waals surface area contributed by atoms with Crippen LogP contribution in [0.2, 0.25) is 0 Å². The summed E-state index contributed by atoms with van der Waals surface area (Å²) in [5.74, 6) is -0.652. The minimum atomic E-state index is -4.72. The van der Waals surface area contributed by atoms with E-state index >= 15 is 0 Å². The van der Waals surface area contributed by atoms with E-state index in [0.29, 0.717) is 60.7 Å². The number of hydrogen-bond acceptors (Lipinski definition) is 7. The monoisotopic (exact) mass is 655 g/mol. The van der Waals surface area contributed by atoms with Crippen LogP contribution < -0.4 is 9.64 Å². The van der Waals surface area contributed by atoms with Crippen LogP contribution in [0.5, 0.6) is 5.75 Å². The molecule has 2 aromatic carbocycles. The number of hydrogen-bond donors (Lipinski definition) is 2. The summed E-state index contributed by atoms with van der Waals surface area (Å²) in [5, 5.41) is 9.02. The van der Waals surface area contributed by atoms with Crippen LogP contribution in [0.3, 0.4) is 0 Å². The minimum Gasteiger partial charge on any atom is -0.490 e. The number of nitrogens with zero attached hydrogens (tertiary/aromatic N) is 4. The van der Waals surface area contributed by atoms with E-state index in [-0.39, 0.29) is 29.3 Å². The Morgan fingerprint density at radius 1 is 1.09 bits per heavy atom. The Morgan fingerprint density at radius 2 is 1.81 bits per heavy atom. The smallest absolute Gasteiger partial charge is 0.416 e. The summed E-state index contributed by atoms with van der Waals surface area (Å²) < 4.78 is 66.9. The number of nitrogens with one attached hydrogen (secondary N) is 1. The van der Waals surface area contributed by atoms with E-state index in [2.05, 4.69) is 9.97 Å². The summed E-state index contributed by atoms with van der Waals surface area (Å²) in [6.45, 7) is 2.56. The molecule has 250 valence electrons. The second-order valence-corrected chi connectivity index (χ2v) is 12.7. The molecular formula is C34H37F4N5O4. The largest absolute Gasteiger partial charge is 0.490 e. The van der Waals surface area contributed by atoms with E-state index in [1.807, 2.05) is 41.1 Å². The zero-order valence-corrected chi connectivity index (χ0v) is 26.2. The van der Waals surface area contributed by atoms with Gasteiger partial charge in [0.2, 0.25) is 0 Å². The average Bonchev–Trinajstić information content (AvgIpc) is 3.44. The first kappa shape index (κ1) is 32.7. The number of anilines is 1. The number of methoxy groups -OCH3 is 1. The standard InChI is InChI=1S/C34H37F4N5O4/c1-42(19-33(20-46-2)10-3-11-33)28-17-27(22-14-23(34(36,37)38)16-24(35)15-22)39-32-30(28)40-31(41-32)21-4-6-25(7-5-21)47-26-8-12-43(13-9-26)18-29(44)45/h4-7,14-17,26H,3,8-13,18-20H2,1-2H3,(H,44,45)(H,39,40,41). The molecule has 2 N–H and O–H groups in total. The highest BCUT2D eigenvalue weighted by molar-refractivity contribution is 5.91. The summed E-state index contributed by atoms with van der Waals surface area (Å²) in [4.78, 5) is 27.6. The molecule has 0 unspecified atom stereocenters. The van der Waals surface area contributed by atoms with Crippen LogP contribution in [0.15, 0.2) is 48.5 Å². The lowest BCUT2D eigenvalue weighted by Crippen LogP contribution is -2.44. The number of carboxylic acid groups (broad SMARTS) is 1. The molecule has 2 aliphatic rings. The number of piperidine rings is 1. The lowest BCUT2D eigenvalue weighted by molar-refractivity contribution is -0.139. The van der Waals surface area contributed by atoms with Gasteiger partial charge in [-0.2, -0.15) is 13.2 Å². The number of carbonyl (C=O) groups is 1. The zero-order valence-electron chi connectivity index (χ0n) is 26.2. The van der Waals surface area contributed by atoms with Crippen molar-refractivity contribution in [2.45, 2.75) is 44.4 Å². The number of carboxylic acids is 1. The molecule has 6 rings (SSSR count). The Balaban J connectivity index is 1.30. The number of rotatable bonds is 11. The lowest BCUT2D eigenvalue weighted by Gasteiger charge is -2.44. The van der Waals surface area contributed by atoms with Gasteiger partial charge in [-0.1, -0.05) is 6.42 Å². The van der Waals surface area contributed by atoms with E-state index in [1.54, 1.807) is 13.2 Å². The molecule has 0 bridgehead atoms. The van der Waals surface area contributed by atoms with Gasteiger partial charge in [-0.3, -0.25) is 9.69 Å². The number of pyridine rings is 1. The maximum absolute atomic E-state index is 14.4. The molecule has 1 aliphatic heterocycles. The molecule has 1 saturated carbocycles. The molecule has 4 aromatic rings. The lowest BCUT2D eigenvalue weighted by atomic mass is 9.69. The van der Waals surface area contributed by atoms with Crippen molar-refractivity contribution in [3.05, 3.63) is 59.9 Å². The highest BCUT2D eigenvalue weighted by atomic mass is 19.4. The third-order valence-corrected chi connectivity index (χ3v) is 9.13. The van der Waals surface area contributed by atoms with E-state index < -0.39 is 23.5 Å². The van der Waals surface area contributed by atoms with Gasteiger partial charge in [0.05, 0.1) is 30.1 Å². The first-order valence-corrected chi connectivity index (χ1v) is 15.6. The molecule has 0 amide bonds. The fraction of sp³-hybridized carbons (Fsp3) is 0.441. The average molecular weight is 656 g/mol. The van der Waals surface area contributed by atoms with Gasteiger partial charge in [0.15, 0.2) is 5.65 Å². The Kier molecular flexibility index (Phi) is 9.12. The fourth-order valence-electron chi connectivity index (χ4n) is 6.64. The molecule has 9 nitrogen and oxygen atoms in total. The zero-order chi connectivity index (χ0) is 33.3. The van der Waals surface area contributed by atoms with E-state index in [4.69, 9.17) is 19.6 Å². The highest BCUT2D eigenvalue weighted by Gasteiger charge is 2.38. The van der Waals surface area contributed by atoms with Crippen molar-refractivity contribution in [3.63, 3.8) is 0 Å². The van der Waals surface area contributed by atoms with Gasteiger partial charge < -0.3 is 24.5 Å². The molecule has 13 heteroatoms. The molecule has 1 aliphatic carbocycles. The maximum Gasteiger partial charge on any atom is 0.416 e. The molecule has 0 spiro atoms. The normalized spacial score (nSPS) is 17.1. The number of benzene rings is 2. The minimum absolute atomic E-state index is 0.00368. The number of aromatic amines is 1. The number of halogens is 4. The van der Waals surface area contributed by atoms with Crippen LogP contribution in [-0.4, -0.2) is 84.0 Å². The Morgan fingerprint density at radius 3 is 2.43 bits per heavy atom. The van der Waals surface area contributed by atoms with Crippen molar-refractivity contribution in [3.8, 4) is 28.4 Å². The Labute approximate surface area is 269 Å². The third-order valence-electron chi connectivity index (χ3n) is 9.13. The van der Waals surface area contributed by atoms with Crippen LogP contribution in [-0.2, 0) is 15.7 Å². The highest BCUT2D eigenvalue weighted by Crippen LogP contribution is 2.43. The second-order valence-electron chi connectivity index (χ2n) is 12.7. The predicted molar refractivity (Wildman–Crippen MR) is 169 cm³/mol. The molecule has 3 heterocycles. The third kappa shape index (κ3) is 7.36. The van der Waals surface area contributed by atoms with Crippen molar-refractivity contribution >= 4 is 22.8 Å². The molecular weight excluding hydrogens is 618 g/mol. The first-order valence-electron chi connectivity index (χ1n) is 15.6. The Bertz CT molecular complexity index is 1730. The Hall–Kier alpha value is -4.23. The van der Waals surface area contributed by atoms with Crippen LogP contribution in [0.25, 0.3) is 33.8 Å². The summed E-state index contributed by atoms with van der Waals surface area (Å²) in [5.41, 5.74) is 1.37. The maximum atomic E-state index is 14.4. The van der Waals surface area contributed by atoms with E-state index in [0.717, 1.165) is 49.8 Å². The topological polar surface area (TPSA) is 104 Å². The summed E-state index contributed by atoms with van der Waals surface area (Å²) in [7, 11) is 3.59. The van der Waals surface area contributed by atoms with Gasteiger partial charge in [0.25, 0.3) is 0 Å². The van der Waals surface area contributed by atoms with Gasteiger partial charge in [0.1, 0.15) is 29.0 Å². The number of alkyl halides is 3. The first-order chi connectivity index (χ1) is 22.4. The SMILES string of the molecule is COCC1(CN(C)c2cc(-c3cc(F)cc(C(F)(F)F)c3)nc3nc(-c4ccc(OC5CCN(CC(=O)O)CC5)cc4)[nH]c23)CCC1. The molecule has 2 fully saturated rings. The quantitative estimate of drug-likeness (QED) is 0.174. The predicted octanol–water partition coefficient (Wildman–Crippen LogP) is 6.63. The van der Waals surface area contributed by atoms with Gasteiger partial charge in [-0.05, 0) is 74.2 Å². The number of H-pyrrole nitrogens is 1. The molecule has 0 radical (unpaired) electrons. The van der Waals surface area contributed by atoms with Crippen molar-refractivity contribution in [2.24, 2.45) is 5.41 Å². The van der Waals surface area contributed by atoms with Gasteiger partial charge in [-0.15, -0.1) is 0 Å². The number of ether oxygens (including phenoxy) is 2. The van der Waals surface area contributed by atoms with Crippen molar-refractivity contribution in [1.29, 1.82) is 0 Å². The summed E-state index contributed by atoms with van der Waals surface area (Å²) >= 11 is 0. The van der Waals surface area contributed by atoms with Crippen molar-refractivity contribution in [2.75, 3.05) is 51.8 Å². The number of likely N-dealkylation sites (tertiary alicyclic amines) is 1. The molecule has 47 heavy (non-hydrogen) atoms. The number of imidazole rings is 1. The number of aliphatic carboxylic acids is 1. The summed E-state index contributed by atoms with van der Waals surface area (Å²) in [6, 6.07) is 11.5. The van der Waals surface area contributed by atoms with Crippen molar-refractivity contribution < 1.29 is 36.9 Å². The number of fused-ring (bicyclic) bond motifs is 1. The van der Waals surface area contributed by atoms with Crippen LogP contribution >= 0.6 is 0 Å².